The molecule has 1 aromatic heterocycles. The number of aryl methyl sites for hydroxylation is 1. The summed E-state index contributed by atoms with van der Waals surface area (Å²) in [6, 6.07) is 0.502. The largest absolute Gasteiger partial charge is 0.308 e. The van der Waals surface area contributed by atoms with Gasteiger partial charge in [-0.05, 0) is 41.6 Å². The summed E-state index contributed by atoms with van der Waals surface area (Å²) < 4.78 is 0.664. The van der Waals surface area contributed by atoms with Crippen LogP contribution in [0.2, 0.25) is 0 Å². The topological polar surface area (TPSA) is 66.9 Å². The smallest absolute Gasteiger partial charge is 0.242 e. The fourth-order valence-electron chi connectivity index (χ4n) is 2.22. The summed E-state index contributed by atoms with van der Waals surface area (Å²) in [5.41, 5.74) is 0.809. The number of hydrogen-bond acceptors (Lipinski definition) is 4. The molecule has 0 aromatic carbocycles. The maximum atomic E-state index is 11.9. The minimum absolute atomic E-state index is 0.0118. The Morgan fingerprint density at radius 1 is 1.59 bits per heavy atom. The van der Waals surface area contributed by atoms with Crippen molar-refractivity contribution < 1.29 is 4.79 Å². The highest BCUT2D eigenvalue weighted by molar-refractivity contribution is 9.10. The molecule has 1 amide bonds. The molecule has 2 heterocycles. The maximum Gasteiger partial charge on any atom is 0.242 e. The fraction of sp³-hybridized carbons (Fsp3) is 0.545. The van der Waals surface area contributed by atoms with Gasteiger partial charge in [0.2, 0.25) is 5.91 Å². The monoisotopic (exact) mass is 296 g/mol. The van der Waals surface area contributed by atoms with Gasteiger partial charge in [-0.1, -0.05) is 0 Å². The van der Waals surface area contributed by atoms with Crippen LogP contribution in [-0.4, -0.2) is 28.0 Å². The van der Waals surface area contributed by atoms with E-state index in [1.54, 1.807) is 6.20 Å². The molecule has 17 heavy (non-hydrogen) atoms. The third-order valence-corrected chi connectivity index (χ3v) is 4.09. The molecule has 1 saturated carbocycles. The lowest BCUT2D eigenvalue weighted by atomic mass is 10.2. The lowest BCUT2D eigenvalue weighted by molar-refractivity contribution is -0.118. The molecule has 1 aliphatic carbocycles. The number of piperidine rings is 1. The Kier molecular flexibility index (Phi) is 2.63. The number of carbonyl (C=O) groups is 1. The van der Waals surface area contributed by atoms with Gasteiger partial charge in [0.25, 0.3) is 0 Å². The van der Waals surface area contributed by atoms with Gasteiger partial charge in [-0.25, -0.2) is 4.98 Å². The van der Waals surface area contributed by atoms with E-state index < -0.39 is 0 Å². The fourth-order valence-corrected chi connectivity index (χ4v) is 2.52. The number of carbonyl (C=O) groups excluding carboxylic acids is 1. The minimum Gasteiger partial charge on any atom is -0.308 e. The van der Waals surface area contributed by atoms with E-state index in [4.69, 9.17) is 0 Å². The van der Waals surface area contributed by atoms with Crippen molar-refractivity contribution in [3.63, 3.8) is 0 Å². The molecule has 1 aliphatic heterocycles. The molecule has 90 valence electrons. The van der Waals surface area contributed by atoms with E-state index in [-0.39, 0.29) is 11.9 Å². The molecule has 1 aromatic rings. The molecule has 3 atom stereocenters. The Labute approximate surface area is 108 Å². The van der Waals surface area contributed by atoms with Crippen molar-refractivity contribution in [3.05, 3.63) is 16.5 Å². The molecule has 0 spiro atoms. The summed E-state index contributed by atoms with van der Waals surface area (Å²) in [6.07, 6.45) is 3.74. The lowest BCUT2D eigenvalue weighted by Gasteiger charge is -2.12. The number of halogens is 1. The van der Waals surface area contributed by atoms with E-state index in [2.05, 4.69) is 36.5 Å². The molecule has 2 aliphatic rings. The van der Waals surface area contributed by atoms with Crippen LogP contribution in [0.15, 0.2) is 10.8 Å². The Balaban J connectivity index is 1.65. The summed E-state index contributed by atoms with van der Waals surface area (Å²) in [7, 11) is 0. The van der Waals surface area contributed by atoms with Crippen LogP contribution in [0.5, 0.6) is 0 Å². The average molecular weight is 297 g/mol. The number of nitrogens with one attached hydrogen (secondary N) is 2. The molecular weight excluding hydrogens is 284 g/mol. The van der Waals surface area contributed by atoms with E-state index in [0.29, 0.717) is 22.4 Å². The Morgan fingerprint density at radius 2 is 2.41 bits per heavy atom. The summed E-state index contributed by atoms with van der Waals surface area (Å²) in [6.45, 7) is 1.86. The number of fused-ring (bicyclic) bond motifs is 1. The molecule has 0 bridgehead atoms. The van der Waals surface area contributed by atoms with E-state index >= 15 is 0 Å². The van der Waals surface area contributed by atoms with Crippen LogP contribution in [-0.2, 0) is 4.79 Å². The molecule has 6 heteroatoms. The van der Waals surface area contributed by atoms with Crippen LogP contribution in [0, 0.1) is 12.8 Å². The molecule has 1 saturated heterocycles. The van der Waals surface area contributed by atoms with E-state index in [0.717, 1.165) is 12.1 Å². The quantitative estimate of drug-likeness (QED) is 0.862. The second kappa shape index (κ2) is 4.03. The first-order valence-electron chi connectivity index (χ1n) is 5.69. The van der Waals surface area contributed by atoms with Crippen LogP contribution in [0.25, 0.3) is 0 Å². The molecule has 5 nitrogen and oxygen atoms in total. The summed E-state index contributed by atoms with van der Waals surface area (Å²) in [5.74, 6) is 1.19. The van der Waals surface area contributed by atoms with Gasteiger partial charge in [0.15, 0.2) is 5.82 Å². The highest BCUT2D eigenvalue weighted by atomic mass is 79.9. The Hall–Kier alpha value is -1.01. The lowest BCUT2D eigenvalue weighted by Crippen LogP contribution is -2.38. The van der Waals surface area contributed by atoms with Crippen molar-refractivity contribution in [1.82, 2.24) is 15.3 Å². The number of rotatable bonds is 2. The van der Waals surface area contributed by atoms with Crippen LogP contribution in [0.1, 0.15) is 18.5 Å². The van der Waals surface area contributed by atoms with Crippen molar-refractivity contribution in [2.24, 2.45) is 5.92 Å². The van der Waals surface area contributed by atoms with E-state index in [9.17, 15) is 4.79 Å². The van der Waals surface area contributed by atoms with Crippen LogP contribution >= 0.6 is 15.9 Å². The standard InChI is InChI=1S/C11H13BrN4O/c1-5-10(12)15-9(4-13-5)16-11(17)8-3-6-2-7(6)14-8/h4,6-8,14H,2-3H2,1H3,(H,15,16,17)/t6-,7-,8+/m1/s1. The number of amides is 1. The predicted molar refractivity (Wildman–Crippen MR) is 66.5 cm³/mol. The van der Waals surface area contributed by atoms with Gasteiger partial charge in [0, 0.05) is 6.04 Å². The number of aromatic nitrogens is 2. The summed E-state index contributed by atoms with van der Waals surface area (Å²) >= 11 is 3.30. The van der Waals surface area contributed by atoms with E-state index in [1.165, 1.54) is 6.42 Å². The zero-order chi connectivity index (χ0) is 12.0. The van der Waals surface area contributed by atoms with Gasteiger partial charge in [0.1, 0.15) is 4.60 Å². The third-order valence-electron chi connectivity index (χ3n) is 3.34. The van der Waals surface area contributed by atoms with Gasteiger partial charge in [-0.2, -0.15) is 0 Å². The van der Waals surface area contributed by atoms with Crippen molar-refractivity contribution in [3.8, 4) is 0 Å². The molecule has 3 rings (SSSR count). The first-order chi connectivity index (χ1) is 8.13. The van der Waals surface area contributed by atoms with Gasteiger partial charge >= 0.3 is 0 Å². The van der Waals surface area contributed by atoms with Crippen LogP contribution in [0.4, 0.5) is 5.82 Å². The molecular formula is C11H13BrN4O. The second-order valence-electron chi connectivity index (χ2n) is 4.68. The van der Waals surface area contributed by atoms with Crippen molar-refractivity contribution in [1.29, 1.82) is 0 Å². The first-order valence-corrected chi connectivity index (χ1v) is 6.49. The van der Waals surface area contributed by atoms with Gasteiger partial charge < -0.3 is 10.6 Å². The summed E-state index contributed by atoms with van der Waals surface area (Å²) in [5, 5.41) is 6.09. The highest BCUT2D eigenvalue weighted by Crippen LogP contribution is 2.40. The van der Waals surface area contributed by atoms with Crippen LogP contribution in [0.3, 0.4) is 0 Å². The van der Waals surface area contributed by atoms with Crippen LogP contribution < -0.4 is 10.6 Å². The number of nitrogens with zero attached hydrogens (tertiary/aromatic N) is 2. The van der Waals surface area contributed by atoms with Crippen molar-refractivity contribution >= 4 is 27.7 Å². The van der Waals surface area contributed by atoms with Crippen molar-refractivity contribution in [2.75, 3.05) is 5.32 Å². The zero-order valence-corrected chi connectivity index (χ0v) is 11.0. The molecule has 0 radical (unpaired) electrons. The maximum absolute atomic E-state index is 11.9. The van der Waals surface area contributed by atoms with Gasteiger partial charge in [-0.3, -0.25) is 9.78 Å². The second-order valence-corrected chi connectivity index (χ2v) is 5.43. The SMILES string of the molecule is Cc1ncc(NC(=O)[C@@H]2C[C@H]3C[C@H]3N2)nc1Br. The first kappa shape index (κ1) is 11.1. The normalized spacial score (nSPS) is 29.9. The summed E-state index contributed by atoms with van der Waals surface area (Å²) in [4.78, 5) is 20.3. The van der Waals surface area contributed by atoms with Crippen molar-refractivity contribution in [2.45, 2.75) is 31.8 Å². The molecule has 0 unspecified atom stereocenters. The number of hydrogen-bond donors (Lipinski definition) is 2. The number of anilines is 1. The Bertz CT molecular complexity index is 469. The predicted octanol–water partition coefficient (Wildman–Crippen LogP) is 1.24. The third kappa shape index (κ3) is 2.19. The van der Waals surface area contributed by atoms with Gasteiger partial charge in [-0.15, -0.1) is 0 Å². The molecule has 2 fully saturated rings. The minimum atomic E-state index is -0.0689. The average Bonchev–Trinajstić information content (AvgIpc) is 2.91. The highest BCUT2D eigenvalue weighted by Gasteiger charge is 2.47. The van der Waals surface area contributed by atoms with Gasteiger partial charge in [0.05, 0.1) is 17.9 Å². The zero-order valence-electron chi connectivity index (χ0n) is 9.40. The Morgan fingerprint density at radius 3 is 3.06 bits per heavy atom. The molecule has 2 N–H and O–H groups in total. The van der Waals surface area contributed by atoms with E-state index in [1.807, 2.05) is 6.92 Å².